The van der Waals surface area contributed by atoms with Crippen LogP contribution in [0.1, 0.15) is 33.7 Å². The highest BCUT2D eigenvalue weighted by Gasteiger charge is 2.28. The first-order chi connectivity index (χ1) is 13.9. The maximum atomic E-state index is 12.6. The van der Waals surface area contributed by atoms with Crippen LogP contribution in [0.4, 0.5) is 0 Å². The standard InChI is InChI=1S/C22H26ClNO5/c1-14-9-19(15(2)24(14)7-4-8-27-3)20(25)13-29-22(26)17-10-16-11-18(23)5-6-21(16)28-12-17/h5-6,9,11,17H,4,7-8,10,12-13H2,1-3H3/t17-/m1/s1. The zero-order valence-electron chi connectivity index (χ0n) is 17.0. The van der Waals surface area contributed by atoms with Crippen LogP contribution < -0.4 is 4.74 Å². The summed E-state index contributed by atoms with van der Waals surface area (Å²) < 4.78 is 18.1. The van der Waals surface area contributed by atoms with E-state index in [2.05, 4.69) is 4.57 Å². The lowest BCUT2D eigenvalue weighted by atomic mass is 9.97. The number of ether oxygens (including phenoxy) is 3. The van der Waals surface area contributed by atoms with Crippen molar-refractivity contribution in [2.75, 3.05) is 26.9 Å². The monoisotopic (exact) mass is 419 g/mol. The fraction of sp³-hybridized carbons (Fsp3) is 0.455. The molecule has 0 radical (unpaired) electrons. The summed E-state index contributed by atoms with van der Waals surface area (Å²) in [5.74, 6) is -0.354. The van der Waals surface area contributed by atoms with Gasteiger partial charge in [-0.2, -0.15) is 0 Å². The molecule has 0 aliphatic carbocycles. The number of halogens is 1. The predicted octanol–water partition coefficient (Wildman–Crippen LogP) is 3.77. The SMILES string of the molecule is COCCCn1c(C)cc(C(=O)COC(=O)[C@H]2COc3ccc(Cl)cc3C2)c1C. The van der Waals surface area contributed by atoms with E-state index in [4.69, 9.17) is 25.8 Å². The van der Waals surface area contributed by atoms with E-state index in [1.165, 1.54) is 0 Å². The Morgan fingerprint density at radius 3 is 2.83 bits per heavy atom. The predicted molar refractivity (Wildman–Crippen MR) is 110 cm³/mol. The van der Waals surface area contributed by atoms with E-state index >= 15 is 0 Å². The first-order valence-corrected chi connectivity index (χ1v) is 10.0. The summed E-state index contributed by atoms with van der Waals surface area (Å²) in [5.41, 5.74) is 3.34. The van der Waals surface area contributed by atoms with Crippen molar-refractivity contribution < 1.29 is 23.8 Å². The van der Waals surface area contributed by atoms with E-state index in [0.717, 1.165) is 35.7 Å². The van der Waals surface area contributed by atoms with E-state index in [1.54, 1.807) is 25.3 Å². The number of hydrogen-bond acceptors (Lipinski definition) is 5. The van der Waals surface area contributed by atoms with E-state index in [0.29, 0.717) is 23.6 Å². The number of methoxy groups -OCH3 is 1. The highest BCUT2D eigenvalue weighted by Crippen LogP contribution is 2.30. The van der Waals surface area contributed by atoms with E-state index in [-0.39, 0.29) is 19.0 Å². The van der Waals surface area contributed by atoms with Crippen LogP contribution in [0.15, 0.2) is 24.3 Å². The van der Waals surface area contributed by atoms with Gasteiger partial charge in [0.05, 0.1) is 5.92 Å². The quantitative estimate of drug-likeness (QED) is 0.370. The molecule has 0 bridgehead atoms. The Balaban J connectivity index is 1.58. The number of ketones is 1. The molecule has 0 fully saturated rings. The van der Waals surface area contributed by atoms with Crippen molar-refractivity contribution in [3.8, 4) is 5.75 Å². The Morgan fingerprint density at radius 1 is 1.28 bits per heavy atom. The molecule has 1 aromatic heterocycles. The van der Waals surface area contributed by atoms with Gasteiger partial charge in [0, 0.05) is 42.2 Å². The second kappa shape index (κ2) is 9.46. The van der Waals surface area contributed by atoms with Crippen molar-refractivity contribution in [2.45, 2.75) is 33.2 Å². The topological polar surface area (TPSA) is 66.8 Å². The maximum absolute atomic E-state index is 12.6. The Labute approximate surface area is 175 Å². The minimum absolute atomic E-state index is 0.204. The molecule has 1 aromatic carbocycles. The third kappa shape index (κ3) is 5.00. The number of carbonyl (C=O) groups excluding carboxylic acids is 2. The lowest BCUT2D eigenvalue weighted by molar-refractivity contribution is -0.148. The smallest absolute Gasteiger partial charge is 0.313 e. The van der Waals surface area contributed by atoms with Crippen LogP contribution in [-0.4, -0.2) is 43.3 Å². The molecular formula is C22H26ClNO5. The second-order valence-corrected chi connectivity index (χ2v) is 7.71. The average molecular weight is 420 g/mol. The van der Waals surface area contributed by atoms with Crippen molar-refractivity contribution in [3.63, 3.8) is 0 Å². The fourth-order valence-corrected chi connectivity index (χ4v) is 3.84. The van der Waals surface area contributed by atoms with Crippen LogP contribution >= 0.6 is 11.6 Å². The first kappa shape index (κ1) is 21.4. The van der Waals surface area contributed by atoms with Gasteiger partial charge in [0.2, 0.25) is 5.78 Å². The van der Waals surface area contributed by atoms with Gasteiger partial charge >= 0.3 is 5.97 Å². The van der Waals surface area contributed by atoms with Gasteiger partial charge < -0.3 is 18.8 Å². The lowest BCUT2D eigenvalue weighted by Gasteiger charge is -2.24. The Bertz CT molecular complexity index is 905. The Hall–Kier alpha value is -2.31. The van der Waals surface area contributed by atoms with E-state index < -0.39 is 11.9 Å². The molecule has 0 saturated carbocycles. The zero-order valence-corrected chi connectivity index (χ0v) is 17.8. The molecule has 1 atom stereocenters. The third-order valence-electron chi connectivity index (χ3n) is 5.21. The highest BCUT2D eigenvalue weighted by molar-refractivity contribution is 6.30. The summed E-state index contributed by atoms with van der Waals surface area (Å²) in [4.78, 5) is 25.1. The summed E-state index contributed by atoms with van der Waals surface area (Å²) in [6.45, 7) is 5.26. The normalized spacial score (nSPS) is 15.5. The summed E-state index contributed by atoms with van der Waals surface area (Å²) >= 11 is 6.02. The number of hydrogen-bond donors (Lipinski definition) is 0. The number of Topliss-reactive ketones (excluding diaryl/α,β-unsaturated/α-hetero) is 1. The number of carbonyl (C=O) groups is 2. The number of benzene rings is 1. The molecule has 1 aliphatic heterocycles. The summed E-state index contributed by atoms with van der Waals surface area (Å²) in [5, 5.41) is 0.595. The van der Waals surface area contributed by atoms with Gasteiger partial charge in [-0.1, -0.05) is 11.6 Å². The summed E-state index contributed by atoms with van der Waals surface area (Å²) in [6.07, 6.45) is 1.35. The van der Waals surface area contributed by atoms with Crippen molar-refractivity contribution in [2.24, 2.45) is 5.92 Å². The number of rotatable bonds is 8. The van der Waals surface area contributed by atoms with Crippen molar-refractivity contribution in [3.05, 3.63) is 51.8 Å². The number of esters is 1. The molecule has 29 heavy (non-hydrogen) atoms. The van der Waals surface area contributed by atoms with Gasteiger partial charge in [0.15, 0.2) is 6.61 Å². The van der Waals surface area contributed by atoms with Crippen LogP contribution in [0, 0.1) is 19.8 Å². The Kier molecular flexibility index (Phi) is 6.98. The minimum Gasteiger partial charge on any atom is -0.492 e. The Morgan fingerprint density at radius 2 is 2.07 bits per heavy atom. The van der Waals surface area contributed by atoms with E-state index in [9.17, 15) is 9.59 Å². The van der Waals surface area contributed by atoms with Crippen molar-refractivity contribution in [1.29, 1.82) is 0 Å². The number of aromatic nitrogens is 1. The van der Waals surface area contributed by atoms with Gasteiger partial charge in [-0.25, -0.2) is 0 Å². The van der Waals surface area contributed by atoms with Gasteiger partial charge in [-0.3, -0.25) is 9.59 Å². The van der Waals surface area contributed by atoms with Crippen LogP contribution in [0.25, 0.3) is 0 Å². The maximum Gasteiger partial charge on any atom is 0.313 e. The average Bonchev–Trinajstić information content (AvgIpc) is 2.99. The van der Waals surface area contributed by atoms with E-state index in [1.807, 2.05) is 19.9 Å². The zero-order chi connectivity index (χ0) is 21.0. The third-order valence-corrected chi connectivity index (χ3v) is 5.45. The molecular weight excluding hydrogens is 394 g/mol. The largest absolute Gasteiger partial charge is 0.492 e. The first-order valence-electron chi connectivity index (χ1n) is 9.67. The number of aryl methyl sites for hydroxylation is 1. The van der Waals surface area contributed by atoms with Gasteiger partial charge in [-0.05, 0) is 56.5 Å². The molecule has 7 heteroatoms. The summed E-state index contributed by atoms with van der Waals surface area (Å²) in [7, 11) is 1.67. The molecule has 6 nitrogen and oxygen atoms in total. The molecule has 0 saturated heterocycles. The van der Waals surface area contributed by atoms with Gasteiger partial charge in [0.1, 0.15) is 12.4 Å². The lowest BCUT2D eigenvalue weighted by Crippen LogP contribution is -2.31. The van der Waals surface area contributed by atoms with Crippen molar-refractivity contribution in [1.82, 2.24) is 4.57 Å². The van der Waals surface area contributed by atoms with Crippen LogP contribution in [0.3, 0.4) is 0 Å². The molecule has 2 aromatic rings. The molecule has 0 spiro atoms. The molecule has 0 unspecified atom stereocenters. The van der Waals surface area contributed by atoms with Crippen molar-refractivity contribution >= 4 is 23.4 Å². The minimum atomic E-state index is -0.449. The van der Waals surface area contributed by atoms with Gasteiger partial charge in [0.25, 0.3) is 0 Å². The molecule has 156 valence electrons. The van der Waals surface area contributed by atoms with Gasteiger partial charge in [-0.15, -0.1) is 0 Å². The molecule has 1 aliphatic rings. The number of nitrogens with zero attached hydrogens (tertiary/aromatic N) is 1. The highest BCUT2D eigenvalue weighted by atomic mass is 35.5. The fourth-order valence-electron chi connectivity index (χ4n) is 3.64. The number of fused-ring (bicyclic) bond motifs is 1. The molecule has 3 rings (SSSR count). The summed E-state index contributed by atoms with van der Waals surface area (Å²) in [6, 6.07) is 7.19. The molecule has 2 heterocycles. The van der Waals surface area contributed by atoms with Crippen LogP contribution in [0.5, 0.6) is 5.75 Å². The van der Waals surface area contributed by atoms with Crippen LogP contribution in [-0.2, 0) is 27.2 Å². The molecule has 0 amide bonds. The van der Waals surface area contributed by atoms with Crippen LogP contribution in [0.2, 0.25) is 5.02 Å². The molecule has 0 N–H and O–H groups in total. The second-order valence-electron chi connectivity index (χ2n) is 7.28.